The Morgan fingerprint density at radius 1 is 1.03 bits per heavy atom. The van der Waals surface area contributed by atoms with Gasteiger partial charge in [0.25, 0.3) is 0 Å². The zero-order valence-electron chi connectivity index (χ0n) is 20.4. The van der Waals surface area contributed by atoms with Crippen molar-refractivity contribution in [3.63, 3.8) is 0 Å². The summed E-state index contributed by atoms with van der Waals surface area (Å²) in [6, 6.07) is 15.3. The van der Waals surface area contributed by atoms with Crippen LogP contribution in [0.15, 0.2) is 60.0 Å². The molecule has 1 aliphatic heterocycles. The van der Waals surface area contributed by atoms with Crippen LogP contribution in [0, 0.1) is 5.92 Å². The molecule has 0 radical (unpaired) electrons. The lowest BCUT2D eigenvalue weighted by Gasteiger charge is -2.41. The van der Waals surface area contributed by atoms with Gasteiger partial charge in [-0.1, -0.05) is 67.2 Å². The van der Waals surface area contributed by atoms with Crippen LogP contribution in [0.25, 0.3) is 0 Å². The number of H-pyrrole nitrogens is 1. The van der Waals surface area contributed by atoms with Gasteiger partial charge in [0.1, 0.15) is 6.33 Å². The van der Waals surface area contributed by atoms with E-state index in [2.05, 4.69) is 27.4 Å². The Labute approximate surface area is 218 Å². The number of carbonyl (C=O) groups excluding carboxylic acids is 1. The van der Waals surface area contributed by atoms with E-state index in [-0.39, 0.29) is 43.5 Å². The lowest BCUT2D eigenvalue weighted by molar-refractivity contribution is -0.268. The van der Waals surface area contributed by atoms with Crippen molar-refractivity contribution in [2.45, 2.75) is 56.6 Å². The number of thioether (sulfide) groups is 1. The van der Waals surface area contributed by atoms with E-state index in [9.17, 15) is 14.7 Å². The average molecular weight is 527 g/mol. The molecule has 4 N–H and O–H groups in total. The maximum absolute atomic E-state index is 11.8. The van der Waals surface area contributed by atoms with Crippen molar-refractivity contribution in [3.8, 4) is 0 Å². The molecular formula is C26H30N4O6S. The number of aliphatic carboxylic acids is 1. The number of aromatic amines is 1. The van der Waals surface area contributed by atoms with Crippen LogP contribution in [0.5, 0.6) is 0 Å². The summed E-state index contributed by atoms with van der Waals surface area (Å²) in [5, 5.41) is 28.3. The van der Waals surface area contributed by atoms with E-state index in [0.29, 0.717) is 12.3 Å². The minimum Gasteiger partial charge on any atom is -0.481 e. The van der Waals surface area contributed by atoms with Crippen molar-refractivity contribution in [2.75, 3.05) is 5.75 Å². The summed E-state index contributed by atoms with van der Waals surface area (Å²) in [5.74, 6) is -0.600. The Hall–Kier alpha value is -3.25. The Bertz CT molecular complexity index is 1160. The van der Waals surface area contributed by atoms with Gasteiger partial charge in [-0.25, -0.2) is 4.98 Å². The number of hydrogen-bond acceptors (Lipinski definition) is 8. The van der Waals surface area contributed by atoms with Crippen molar-refractivity contribution in [3.05, 3.63) is 77.1 Å². The molecule has 37 heavy (non-hydrogen) atoms. The fraction of sp³-hybridized carbons (Fsp3) is 0.385. The Kier molecular flexibility index (Phi) is 9.29. The summed E-state index contributed by atoms with van der Waals surface area (Å²) < 4.78 is 12.9. The van der Waals surface area contributed by atoms with Crippen molar-refractivity contribution in [1.82, 2.24) is 20.5 Å². The smallest absolute Gasteiger partial charge is 0.303 e. The van der Waals surface area contributed by atoms with Gasteiger partial charge >= 0.3 is 5.97 Å². The summed E-state index contributed by atoms with van der Waals surface area (Å²) in [7, 11) is 0. The molecule has 1 aromatic heterocycles. The summed E-state index contributed by atoms with van der Waals surface area (Å²) in [5.41, 5.74) is 3.57. The van der Waals surface area contributed by atoms with E-state index in [1.165, 1.54) is 18.1 Å². The number of carboxylic acid groups (broad SMARTS) is 1. The van der Waals surface area contributed by atoms with Crippen LogP contribution in [0.3, 0.4) is 0 Å². The number of aliphatic hydroxyl groups is 1. The summed E-state index contributed by atoms with van der Waals surface area (Å²) in [6.45, 7) is 2.39. The first-order valence-electron chi connectivity index (χ1n) is 12.0. The molecule has 10 nitrogen and oxygen atoms in total. The van der Waals surface area contributed by atoms with Gasteiger partial charge in [-0.3, -0.25) is 14.7 Å². The lowest BCUT2D eigenvalue weighted by atomic mass is 9.91. The second kappa shape index (κ2) is 12.8. The first-order chi connectivity index (χ1) is 17.9. The SMILES string of the molecule is C[C@H]1[C@@H](CSc2ncn[nH]2)O[C@@H](c2ccc(CNC(=O)CCC(=O)O)cc2)O[C@H]1c1ccc(CO)cc1. The third-order valence-corrected chi connectivity index (χ3v) is 7.17. The van der Waals surface area contributed by atoms with E-state index in [4.69, 9.17) is 14.6 Å². The zero-order valence-corrected chi connectivity index (χ0v) is 21.2. The van der Waals surface area contributed by atoms with E-state index in [0.717, 1.165) is 27.4 Å². The molecule has 1 aliphatic rings. The quantitative estimate of drug-likeness (QED) is 0.276. The maximum Gasteiger partial charge on any atom is 0.303 e. The van der Waals surface area contributed by atoms with Crippen LogP contribution in [0.1, 0.15) is 54.4 Å². The fourth-order valence-electron chi connectivity index (χ4n) is 4.04. The van der Waals surface area contributed by atoms with Gasteiger partial charge < -0.3 is 25.0 Å². The van der Waals surface area contributed by atoms with Crippen LogP contribution in [-0.2, 0) is 32.2 Å². The zero-order chi connectivity index (χ0) is 26.2. The van der Waals surface area contributed by atoms with Crippen LogP contribution in [0.2, 0.25) is 0 Å². The number of aliphatic hydroxyl groups excluding tert-OH is 1. The highest BCUT2D eigenvalue weighted by Gasteiger charge is 2.38. The number of amides is 1. The topological polar surface area (TPSA) is 147 Å². The number of benzene rings is 2. The third kappa shape index (κ3) is 7.39. The number of carbonyl (C=O) groups is 2. The highest BCUT2D eigenvalue weighted by molar-refractivity contribution is 7.99. The van der Waals surface area contributed by atoms with Gasteiger partial charge in [0, 0.05) is 30.2 Å². The minimum absolute atomic E-state index is 0.0180. The Balaban J connectivity index is 1.46. The number of nitrogens with zero attached hydrogens (tertiary/aromatic N) is 2. The molecule has 196 valence electrons. The van der Waals surface area contributed by atoms with E-state index in [1.54, 1.807) is 0 Å². The van der Waals surface area contributed by atoms with Gasteiger partial charge in [-0.2, -0.15) is 5.10 Å². The molecule has 11 heteroatoms. The highest BCUT2D eigenvalue weighted by atomic mass is 32.2. The van der Waals surface area contributed by atoms with Gasteiger partial charge in [-0.15, -0.1) is 0 Å². The first-order valence-corrected chi connectivity index (χ1v) is 13.0. The second-order valence-corrected chi connectivity index (χ2v) is 9.84. The minimum atomic E-state index is -0.999. The molecule has 0 saturated carbocycles. The summed E-state index contributed by atoms with van der Waals surface area (Å²) >= 11 is 1.54. The molecule has 4 atom stereocenters. The normalized spacial score (nSPS) is 21.5. The van der Waals surface area contributed by atoms with Crippen LogP contribution < -0.4 is 5.32 Å². The lowest BCUT2D eigenvalue weighted by Crippen LogP contribution is -2.38. The monoisotopic (exact) mass is 526 g/mol. The fourth-order valence-corrected chi connectivity index (χ4v) is 4.98. The number of nitrogens with one attached hydrogen (secondary N) is 2. The van der Waals surface area contributed by atoms with Gasteiger partial charge in [0.2, 0.25) is 5.91 Å². The molecule has 1 amide bonds. The predicted molar refractivity (Wildman–Crippen MR) is 135 cm³/mol. The summed E-state index contributed by atoms with van der Waals surface area (Å²) in [6.07, 6.45) is 0.270. The van der Waals surface area contributed by atoms with Crippen LogP contribution in [0.4, 0.5) is 0 Å². The molecule has 4 rings (SSSR count). The third-order valence-electron chi connectivity index (χ3n) is 6.21. The standard InChI is InChI=1S/C26H30N4O6S/c1-16-21(14-37-26-28-15-29-30-26)35-25(36-24(16)19-6-4-18(13-31)5-7-19)20-8-2-17(3-9-20)12-27-22(32)10-11-23(33)34/h2-9,15-16,21,24-25,31H,10-14H2,1H3,(H,27,32)(H,33,34)(H,28,29,30)/t16-,21+,24+,25+/m0/s1. The highest BCUT2D eigenvalue weighted by Crippen LogP contribution is 2.42. The Morgan fingerprint density at radius 2 is 1.73 bits per heavy atom. The van der Waals surface area contributed by atoms with Gasteiger partial charge in [0.05, 0.1) is 25.2 Å². The summed E-state index contributed by atoms with van der Waals surface area (Å²) in [4.78, 5) is 26.6. The van der Waals surface area contributed by atoms with Crippen LogP contribution >= 0.6 is 11.8 Å². The van der Waals surface area contributed by atoms with Crippen molar-refractivity contribution in [1.29, 1.82) is 0 Å². The van der Waals surface area contributed by atoms with Crippen molar-refractivity contribution in [2.24, 2.45) is 5.92 Å². The molecule has 1 saturated heterocycles. The largest absolute Gasteiger partial charge is 0.481 e. The molecule has 0 spiro atoms. The number of hydrogen-bond donors (Lipinski definition) is 4. The molecule has 2 heterocycles. The van der Waals surface area contributed by atoms with Gasteiger partial charge in [0.15, 0.2) is 11.4 Å². The molecule has 3 aromatic rings. The first kappa shape index (κ1) is 26.8. The number of ether oxygens (including phenoxy) is 2. The van der Waals surface area contributed by atoms with E-state index >= 15 is 0 Å². The molecule has 0 bridgehead atoms. The second-order valence-electron chi connectivity index (χ2n) is 8.84. The molecular weight excluding hydrogens is 496 g/mol. The number of rotatable bonds is 11. The van der Waals surface area contributed by atoms with E-state index < -0.39 is 12.3 Å². The number of carboxylic acids is 1. The molecule has 1 fully saturated rings. The van der Waals surface area contributed by atoms with Gasteiger partial charge in [-0.05, 0) is 16.7 Å². The van der Waals surface area contributed by atoms with Crippen LogP contribution in [-0.4, -0.2) is 49.1 Å². The molecule has 2 aromatic carbocycles. The van der Waals surface area contributed by atoms with Crippen molar-refractivity contribution < 1.29 is 29.3 Å². The number of aromatic nitrogens is 3. The predicted octanol–water partition coefficient (Wildman–Crippen LogP) is 3.36. The van der Waals surface area contributed by atoms with E-state index in [1.807, 2.05) is 48.5 Å². The molecule has 0 aliphatic carbocycles. The molecule has 0 unspecified atom stereocenters. The van der Waals surface area contributed by atoms with Crippen molar-refractivity contribution >= 4 is 23.6 Å². The Morgan fingerprint density at radius 3 is 2.38 bits per heavy atom. The average Bonchev–Trinajstić information content (AvgIpc) is 3.44. The maximum atomic E-state index is 11.8.